The van der Waals surface area contributed by atoms with E-state index in [0.29, 0.717) is 28.8 Å². The Morgan fingerprint density at radius 2 is 2.12 bits per heavy atom. The number of rotatable bonds is 4. The fourth-order valence-electron chi connectivity index (χ4n) is 2.82. The van der Waals surface area contributed by atoms with Crippen LogP contribution in [0.1, 0.15) is 35.7 Å². The van der Waals surface area contributed by atoms with Crippen LogP contribution in [0.3, 0.4) is 0 Å². The first-order chi connectivity index (χ1) is 12.7. The topological polar surface area (TPSA) is 105 Å². The molecule has 0 aliphatic rings. The van der Waals surface area contributed by atoms with E-state index in [9.17, 15) is 9.59 Å². The quantitative estimate of drug-likeness (QED) is 0.585. The Morgan fingerprint density at radius 3 is 2.92 bits per heavy atom. The molecule has 1 aromatic carbocycles. The van der Waals surface area contributed by atoms with Gasteiger partial charge in [-0.05, 0) is 24.6 Å². The van der Waals surface area contributed by atoms with E-state index in [2.05, 4.69) is 25.3 Å². The lowest BCUT2D eigenvalue weighted by Crippen LogP contribution is -2.31. The minimum absolute atomic E-state index is 0.0194. The third-order valence-corrected chi connectivity index (χ3v) is 4.15. The fraction of sp³-hybridized carbons (Fsp3) is 0.167. The minimum atomic E-state index is -0.454. The van der Waals surface area contributed by atoms with Crippen LogP contribution in [0.4, 0.5) is 0 Å². The van der Waals surface area contributed by atoms with Gasteiger partial charge in [-0.1, -0.05) is 19.1 Å². The summed E-state index contributed by atoms with van der Waals surface area (Å²) in [6, 6.07) is 8.38. The number of imidazole rings is 1. The monoisotopic (exact) mass is 348 g/mol. The largest absolute Gasteiger partial charge is 0.341 e. The number of aromatic nitrogens is 5. The van der Waals surface area contributed by atoms with Gasteiger partial charge >= 0.3 is 0 Å². The van der Waals surface area contributed by atoms with Crippen LogP contribution >= 0.6 is 0 Å². The van der Waals surface area contributed by atoms with Crippen molar-refractivity contribution in [3.63, 3.8) is 0 Å². The number of hydrogen-bond acceptors (Lipinski definition) is 5. The molecule has 3 aromatic heterocycles. The normalized spacial score (nSPS) is 12.3. The Bertz CT molecular complexity index is 1130. The number of carbonyl (C=O) groups is 1. The van der Waals surface area contributed by atoms with Crippen LogP contribution in [0.5, 0.6) is 0 Å². The summed E-state index contributed by atoms with van der Waals surface area (Å²) in [6.07, 6.45) is 5.96. The summed E-state index contributed by atoms with van der Waals surface area (Å²) in [5.41, 5.74) is 0.833. The molecule has 130 valence electrons. The number of amides is 1. The molecule has 0 fully saturated rings. The average Bonchev–Trinajstić information content (AvgIpc) is 3.09. The van der Waals surface area contributed by atoms with Gasteiger partial charge in [0.05, 0.1) is 22.6 Å². The van der Waals surface area contributed by atoms with Gasteiger partial charge in [0.15, 0.2) is 5.82 Å². The first kappa shape index (κ1) is 15.9. The number of para-hydroxylation sites is 1. The third kappa shape index (κ3) is 2.81. The molecule has 0 aliphatic carbocycles. The lowest BCUT2D eigenvalue weighted by molar-refractivity contribution is 0.0924. The highest BCUT2D eigenvalue weighted by Gasteiger charge is 2.19. The number of nitrogens with zero attached hydrogens (tertiary/aromatic N) is 4. The molecule has 0 saturated heterocycles. The Labute approximate surface area is 147 Å². The van der Waals surface area contributed by atoms with Crippen molar-refractivity contribution >= 4 is 22.6 Å². The molecule has 3 heterocycles. The molecule has 8 nitrogen and oxygen atoms in total. The molecule has 4 rings (SSSR count). The van der Waals surface area contributed by atoms with Gasteiger partial charge in [0, 0.05) is 18.6 Å². The van der Waals surface area contributed by atoms with E-state index in [0.717, 1.165) is 0 Å². The molecule has 1 atom stereocenters. The highest BCUT2D eigenvalue weighted by molar-refractivity contribution is 5.92. The zero-order valence-corrected chi connectivity index (χ0v) is 14.0. The molecule has 8 heteroatoms. The van der Waals surface area contributed by atoms with E-state index < -0.39 is 5.91 Å². The van der Waals surface area contributed by atoms with Crippen molar-refractivity contribution in [1.29, 1.82) is 0 Å². The maximum atomic E-state index is 12.6. The van der Waals surface area contributed by atoms with Gasteiger partial charge in [0.25, 0.3) is 11.5 Å². The summed E-state index contributed by atoms with van der Waals surface area (Å²) >= 11 is 0. The molecular formula is C18H16N6O2. The van der Waals surface area contributed by atoms with Crippen molar-refractivity contribution in [3.8, 4) is 0 Å². The van der Waals surface area contributed by atoms with Crippen LogP contribution in [0, 0.1) is 0 Å². The molecular weight excluding hydrogens is 332 g/mol. The van der Waals surface area contributed by atoms with Gasteiger partial charge in [0.1, 0.15) is 0 Å². The SMILES string of the molecule is CCC(NC(=O)c1nc2ccccc2c(=O)[nH]1)c1cn2cccnc2n1. The first-order valence-electron chi connectivity index (χ1n) is 8.25. The summed E-state index contributed by atoms with van der Waals surface area (Å²) in [6.45, 7) is 1.94. The number of hydrogen-bond donors (Lipinski definition) is 2. The maximum absolute atomic E-state index is 12.6. The smallest absolute Gasteiger partial charge is 0.287 e. The highest BCUT2D eigenvalue weighted by atomic mass is 16.2. The standard InChI is InChI=1S/C18H16N6O2/c1-2-12(14-10-24-9-5-8-19-18(24)22-14)21-17(26)15-20-13-7-4-3-6-11(13)16(25)23-15/h3-10,12H,2H2,1H3,(H,21,26)(H,20,23,25). The molecule has 0 aliphatic heterocycles. The van der Waals surface area contributed by atoms with E-state index >= 15 is 0 Å². The van der Waals surface area contributed by atoms with Crippen LogP contribution in [-0.4, -0.2) is 30.2 Å². The fourth-order valence-corrected chi connectivity index (χ4v) is 2.82. The van der Waals surface area contributed by atoms with Crippen LogP contribution < -0.4 is 10.9 Å². The van der Waals surface area contributed by atoms with Crippen LogP contribution in [-0.2, 0) is 0 Å². The van der Waals surface area contributed by atoms with E-state index in [1.165, 1.54) is 0 Å². The van der Waals surface area contributed by atoms with E-state index in [1.807, 2.05) is 25.4 Å². The number of nitrogens with one attached hydrogen (secondary N) is 2. The zero-order chi connectivity index (χ0) is 18.1. The maximum Gasteiger partial charge on any atom is 0.287 e. The zero-order valence-electron chi connectivity index (χ0n) is 14.0. The summed E-state index contributed by atoms with van der Waals surface area (Å²) in [4.78, 5) is 40.2. The summed E-state index contributed by atoms with van der Waals surface area (Å²) < 4.78 is 1.79. The molecule has 2 N–H and O–H groups in total. The Hall–Kier alpha value is -3.55. The third-order valence-electron chi connectivity index (χ3n) is 4.15. The van der Waals surface area contributed by atoms with Gasteiger partial charge in [-0.15, -0.1) is 0 Å². The number of aromatic amines is 1. The van der Waals surface area contributed by atoms with Crippen molar-refractivity contribution in [3.05, 3.63) is 70.8 Å². The Morgan fingerprint density at radius 1 is 1.27 bits per heavy atom. The number of benzene rings is 1. The lowest BCUT2D eigenvalue weighted by Gasteiger charge is -2.14. The van der Waals surface area contributed by atoms with Crippen molar-refractivity contribution < 1.29 is 4.79 Å². The van der Waals surface area contributed by atoms with E-state index in [-0.39, 0.29) is 17.4 Å². The van der Waals surface area contributed by atoms with Gasteiger partial charge in [-0.2, -0.15) is 0 Å². The molecule has 4 aromatic rings. The Kier molecular flexibility index (Phi) is 3.92. The van der Waals surface area contributed by atoms with E-state index in [1.54, 1.807) is 34.9 Å². The predicted molar refractivity (Wildman–Crippen MR) is 95.8 cm³/mol. The predicted octanol–water partition coefficient (Wildman–Crippen LogP) is 1.85. The van der Waals surface area contributed by atoms with Crippen LogP contribution in [0.2, 0.25) is 0 Å². The second-order valence-corrected chi connectivity index (χ2v) is 5.86. The number of carbonyl (C=O) groups excluding carboxylic acids is 1. The van der Waals surface area contributed by atoms with Crippen molar-refractivity contribution in [2.24, 2.45) is 0 Å². The van der Waals surface area contributed by atoms with Crippen LogP contribution in [0.25, 0.3) is 16.7 Å². The van der Waals surface area contributed by atoms with Crippen molar-refractivity contribution in [2.45, 2.75) is 19.4 Å². The van der Waals surface area contributed by atoms with Crippen LogP contribution in [0.15, 0.2) is 53.7 Å². The molecule has 0 bridgehead atoms. The molecule has 1 unspecified atom stereocenters. The molecule has 0 radical (unpaired) electrons. The summed E-state index contributed by atoms with van der Waals surface area (Å²) in [7, 11) is 0. The van der Waals surface area contributed by atoms with Crippen molar-refractivity contribution in [2.75, 3.05) is 0 Å². The average molecular weight is 348 g/mol. The highest BCUT2D eigenvalue weighted by Crippen LogP contribution is 2.16. The van der Waals surface area contributed by atoms with Gasteiger partial charge in [-0.25, -0.2) is 15.0 Å². The second-order valence-electron chi connectivity index (χ2n) is 5.86. The number of fused-ring (bicyclic) bond motifs is 2. The molecule has 26 heavy (non-hydrogen) atoms. The Balaban J connectivity index is 1.64. The molecule has 0 saturated carbocycles. The second kappa shape index (κ2) is 6.40. The number of H-pyrrole nitrogens is 1. The summed E-state index contributed by atoms with van der Waals surface area (Å²) in [5, 5.41) is 3.32. The summed E-state index contributed by atoms with van der Waals surface area (Å²) in [5.74, 6) is 0.0891. The van der Waals surface area contributed by atoms with E-state index in [4.69, 9.17) is 0 Å². The van der Waals surface area contributed by atoms with Gasteiger partial charge in [-0.3, -0.25) is 14.0 Å². The molecule has 0 spiro atoms. The van der Waals surface area contributed by atoms with Gasteiger partial charge in [0.2, 0.25) is 5.78 Å². The van der Waals surface area contributed by atoms with Gasteiger partial charge < -0.3 is 10.3 Å². The lowest BCUT2D eigenvalue weighted by atomic mass is 10.1. The molecule has 1 amide bonds. The minimum Gasteiger partial charge on any atom is -0.341 e. The first-order valence-corrected chi connectivity index (χ1v) is 8.25. The van der Waals surface area contributed by atoms with Crippen molar-refractivity contribution in [1.82, 2.24) is 29.7 Å².